The maximum absolute atomic E-state index is 12.0. The predicted molar refractivity (Wildman–Crippen MR) is 112 cm³/mol. The lowest BCUT2D eigenvalue weighted by atomic mass is 9.86. The fraction of sp³-hybridized carbons (Fsp3) is 0.300. The Bertz CT molecular complexity index is 769. The van der Waals surface area contributed by atoms with Crippen LogP contribution in [0.25, 0.3) is 0 Å². The van der Waals surface area contributed by atoms with E-state index in [0.29, 0.717) is 23.0 Å². The second-order valence-corrected chi connectivity index (χ2v) is 7.93. The highest BCUT2D eigenvalue weighted by Crippen LogP contribution is 2.22. The number of carbonyl (C=O) groups excluding carboxylic acids is 1. The number of nitrogens with one attached hydrogen (secondary N) is 3. The Morgan fingerprint density at radius 1 is 1.08 bits per heavy atom. The van der Waals surface area contributed by atoms with Crippen molar-refractivity contribution in [3.8, 4) is 0 Å². The molecule has 0 unspecified atom stereocenters. The topological polar surface area (TPSA) is 53.2 Å². The largest absolute Gasteiger partial charge is 0.331 e. The second-order valence-electron chi connectivity index (χ2n) is 7.08. The number of amides is 1. The minimum absolute atomic E-state index is 0.125. The number of aryl methyl sites for hydroxylation is 1. The van der Waals surface area contributed by atoms with Gasteiger partial charge in [-0.1, -0.05) is 62.7 Å². The van der Waals surface area contributed by atoms with Crippen molar-refractivity contribution in [2.45, 2.75) is 39.0 Å². The van der Waals surface area contributed by atoms with E-state index in [2.05, 4.69) is 61.2 Å². The van der Waals surface area contributed by atoms with Crippen molar-refractivity contribution in [1.82, 2.24) is 10.9 Å². The highest BCUT2D eigenvalue weighted by Gasteiger charge is 2.13. The van der Waals surface area contributed by atoms with Crippen LogP contribution in [0.3, 0.4) is 0 Å². The summed E-state index contributed by atoms with van der Waals surface area (Å²) in [6, 6.07) is 15.6. The quantitative estimate of drug-likeness (QED) is 0.529. The van der Waals surface area contributed by atoms with Crippen LogP contribution < -0.4 is 16.2 Å². The number of rotatable bonds is 4. The Morgan fingerprint density at radius 2 is 1.77 bits per heavy atom. The molecule has 1 amide bonds. The zero-order valence-corrected chi connectivity index (χ0v) is 16.8. The molecule has 0 spiro atoms. The van der Waals surface area contributed by atoms with Gasteiger partial charge in [0.05, 0.1) is 0 Å². The van der Waals surface area contributed by atoms with Crippen LogP contribution in [0.2, 0.25) is 5.02 Å². The maximum Gasteiger partial charge on any atom is 0.238 e. The van der Waals surface area contributed by atoms with Crippen molar-refractivity contribution in [2.24, 2.45) is 0 Å². The van der Waals surface area contributed by atoms with Gasteiger partial charge in [-0.15, -0.1) is 0 Å². The van der Waals surface area contributed by atoms with Gasteiger partial charge in [-0.05, 0) is 53.4 Å². The van der Waals surface area contributed by atoms with Gasteiger partial charge in [-0.3, -0.25) is 15.6 Å². The molecule has 0 radical (unpaired) electrons. The Labute approximate surface area is 165 Å². The van der Waals surface area contributed by atoms with E-state index in [9.17, 15) is 4.79 Å². The van der Waals surface area contributed by atoms with E-state index < -0.39 is 0 Å². The van der Waals surface area contributed by atoms with E-state index in [1.54, 1.807) is 12.1 Å². The number of anilines is 1. The zero-order chi connectivity index (χ0) is 19.2. The van der Waals surface area contributed by atoms with E-state index in [1.807, 2.05) is 12.1 Å². The molecule has 2 rings (SSSR count). The van der Waals surface area contributed by atoms with Gasteiger partial charge in [-0.25, -0.2) is 0 Å². The minimum Gasteiger partial charge on any atom is -0.331 e. The van der Waals surface area contributed by atoms with Gasteiger partial charge in [0.1, 0.15) is 0 Å². The van der Waals surface area contributed by atoms with E-state index in [0.717, 1.165) is 11.3 Å². The number of carbonyl (C=O) groups is 1. The molecule has 138 valence electrons. The van der Waals surface area contributed by atoms with Gasteiger partial charge in [0.25, 0.3) is 0 Å². The number of halogens is 1. The summed E-state index contributed by atoms with van der Waals surface area (Å²) in [4.78, 5) is 12.0. The minimum atomic E-state index is -0.125. The normalized spacial score (nSPS) is 10.9. The molecule has 2 aromatic carbocycles. The lowest BCUT2D eigenvalue weighted by Gasteiger charge is -2.19. The first-order valence-corrected chi connectivity index (χ1v) is 9.23. The molecule has 4 nitrogen and oxygen atoms in total. The highest BCUT2D eigenvalue weighted by atomic mass is 35.5. The predicted octanol–water partition coefficient (Wildman–Crippen LogP) is 4.59. The van der Waals surface area contributed by atoms with Crippen LogP contribution >= 0.6 is 23.8 Å². The molecule has 0 heterocycles. The summed E-state index contributed by atoms with van der Waals surface area (Å²) in [6.45, 7) is 6.55. The number of hydrazine groups is 1. The summed E-state index contributed by atoms with van der Waals surface area (Å²) in [5.74, 6) is -0.125. The molecule has 26 heavy (non-hydrogen) atoms. The first-order chi connectivity index (χ1) is 12.2. The molecule has 0 aromatic heterocycles. The van der Waals surface area contributed by atoms with E-state index in [4.69, 9.17) is 23.8 Å². The van der Waals surface area contributed by atoms with Gasteiger partial charge < -0.3 is 5.32 Å². The van der Waals surface area contributed by atoms with Crippen LogP contribution in [-0.4, -0.2) is 11.0 Å². The summed E-state index contributed by atoms with van der Waals surface area (Å²) >= 11 is 11.1. The van der Waals surface area contributed by atoms with Gasteiger partial charge in [0, 0.05) is 17.1 Å². The molecule has 0 saturated heterocycles. The van der Waals surface area contributed by atoms with Crippen molar-refractivity contribution in [1.29, 1.82) is 0 Å². The first-order valence-electron chi connectivity index (χ1n) is 8.45. The molecule has 6 heteroatoms. The molecule has 0 bridgehead atoms. The molecule has 0 aliphatic heterocycles. The van der Waals surface area contributed by atoms with Gasteiger partial charge in [0.15, 0.2) is 5.11 Å². The van der Waals surface area contributed by atoms with E-state index in [1.165, 1.54) is 5.56 Å². The summed E-state index contributed by atoms with van der Waals surface area (Å²) in [5, 5.41) is 3.86. The Hall–Kier alpha value is -2.11. The zero-order valence-electron chi connectivity index (χ0n) is 15.2. The summed E-state index contributed by atoms with van der Waals surface area (Å²) < 4.78 is 0. The fourth-order valence-corrected chi connectivity index (χ4v) is 2.71. The molecule has 2 aromatic rings. The maximum atomic E-state index is 12.0. The highest BCUT2D eigenvalue weighted by molar-refractivity contribution is 7.80. The molecular weight excluding hydrogens is 366 g/mol. The molecule has 0 saturated carbocycles. The fourth-order valence-electron chi connectivity index (χ4n) is 2.35. The Kier molecular flexibility index (Phi) is 7.00. The van der Waals surface area contributed by atoms with Crippen molar-refractivity contribution >= 4 is 40.5 Å². The van der Waals surface area contributed by atoms with Crippen LogP contribution in [0, 0.1) is 0 Å². The smallest absolute Gasteiger partial charge is 0.238 e. The first kappa shape index (κ1) is 20.2. The Balaban J connectivity index is 1.74. The van der Waals surface area contributed by atoms with Gasteiger partial charge >= 0.3 is 0 Å². The monoisotopic (exact) mass is 389 g/mol. The van der Waals surface area contributed by atoms with Gasteiger partial charge in [-0.2, -0.15) is 0 Å². The third-order valence-electron chi connectivity index (χ3n) is 3.86. The van der Waals surface area contributed by atoms with Crippen LogP contribution in [0.1, 0.15) is 38.3 Å². The number of hydrogen-bond acceptors (Lipinski definition) is 2. The average molecular weight is 390 g/mol. The summed E-state index contributed by atoms with van der Waals surface area (Å²) in [7, 11) is 0. The third kappa shape index (κ3) is 6.65. The van der Waals surface area contributed by atoms with E-state index >= 15 is 0 Å². The van der Waals surface area contributed by atoms with Crippen LogP contribution in [0.4, 0.5) is 5.69 Å². The van der Waals surface area contributed by atoms with Crippen molar-refractivity contribution in [2.75, 3.05) is 5.32 Å². The van der Waals surface area contributed by atoms with Crippen molar-refractivity contribution in [3.63, 3.8) is 0 Å². The van der Waals surface area contributed by atoms with Crippen LogP contribution in [-0.2, 0) is 16.6 Å². The van der Waals surface area contributed by atoms with Gasteiger partial charge in [0.2, 0.25) is 5.91 Å². The SMILES string of the molecule is CC(C)(C)c1ccc(CCC(=O)NNC(=S)Nc2cccc(Cl)c2)cc1. The summed E-state index contributed by atoms with van der Waals surface area (Å²) in [5.41, 5.74) is 8.59. The van der Waals surface area contributed by atoms with Crippen LogP contribution in [0.15, 0.2) is 48.5 Å². The standard InChI is InChI=1S/C20H24ClN3OS/c1-20(2,3)15-10-7-14(8-11-15)9-12-18(25)23-24-19(26)22-17-6-4-5-16(21)13-17/h4-8,10-11,13H,9,12H2,1-3H3,(H,23,25)(H2,22,24,26). The summed E-state index contributed by atoms with van der Waals surface area (Å²) in [6.07, 6.45) is 1.05. The number of benzene rings is 2. The van der Waals surface area contributed by atoms with Crippen molar-refractivity contribution < 1.29 is 4.79 Å². The number of hydrogen-bond donors (Lipinski definition) is 3. The van der Waals surface area contributed by atoms with Crippen LogP contribution in [0.5, 0.6) is 0 Å². The molecule has 0 aliphatic rings. The molecule has 3 N–H and O–H groups in total. The number of thiocarbonyl (C=S) groups is 1. The second kappa shape index (κ2) is 9.01. The van der Waals surface area contributed by atoms with Crippen molar-refractivity contribution in [3.05, 3.63) is 64.7 Å². The Morgan fingerprint density at radius 3 is 2.38 bits per heavy atom. The third-order valence-corrected chi connectivity index (χ3v) is 4.30. The molecule has 0 fully saturated rings. The molecular formula is C20H24ClN3OS. The lowest BCUT2D eigenvalue weighted by molar-refractivity contribution is -0.121. The lowest BCUT2D eigenvalue weighted by Crippen LogP contribution is -2.43. The average Bonchev–Trinajstić information content (AvgIpc) is 2.58. The molecule has 0 atom stereocenters. The molecule has 0 aliphatic carbocycles. The van der Waals surface area contributed by atoms with E-state index in [-0.39, 0.29) is 11.3 Å².